The number of nitrogens with one attached hydrogen (secondary N) is 1. The number of amides is 1. The van der Waals surface area contributed by atoms with Crippen LogP contribution in [0.2, 0.25) is 0 Å². The summed E-state index contributed by atoms with van der Waals surface area (Å²) in [5.74, 6) is 1.04. The van der Waals surface area contributed by atoms with Crippen LogP contribution in [0.25, 0.3) is 10.9 Å². The number of carbonyl (C=O) groups is 2. The molecule has 188 valence electrons. The number of benzene rings is 1. The van der Waals surface area contributed by atoms with Crippen LogP contribution < -0.4 is 5.32 Å². The van der Waals surface area contributed by atoms with E-state index in [0.29, 0.717) is 25.4 Å². The molecule has 5 rings (SSSR count). The van der Waals surface area contributed by atoms with Crippen molar-refractivity contribution in [3.8, 4) is 0 Å². The van der Waals surface area contributed by atoms with Crippen molar-refractivity contribution in [1.82, 2.24) is 9.88 Å². The lowest BCUT2D eigenvalue weighted by atomic mass is 9.80. The van der Waals surface area contributed by atoms with E-state index in [2.05, 4.69) is 5.32 Å². The van der Waals surface area contributed by atoms with E-state index in [-0.39, 0.29) is 42.1 Å². The fourth-order valence-corrected chi connectivity index (χ4v) is 6.52. The molecular formula is C28H36N2O5. The number of allylic oxidation sites excluding steroid dienone is 1. The highest BCUT2D eigenvalue weighted by Crippen LogP contribution is 2.45. The Bertz CT molecular complexity index is 1120. The molecule has 1 aromatic heterocycles. The molecule has 2 bridgehead atoms. The third kappa shape index (κ3) is 4.64. The summed E-state index contributed by atoms with van der Waals surface area (Å²) < 4.78 is 13.9. The molecule has 2 aliphatic carbocycles. The molecule has 6 atom stereocenters. The zero-order valence-corrected chi connectivity index (χ0v) is 20.6. The second-order valence-electron chi connectivity index (χ2n) is 10.3. The zero-order valence-electron chi connectivity index (χ0n) is 20.6. The molecule has 1 aromatic carbocycles. The summed E-state index contributed by atoms with van der Waals surface area (Å²) in [6.07, 6.45) is 9.18. The van der Waals surface area contributed by atoms with Gasteiger partial charge >= 0.3 is 0 Å². The van der Waals surface area contributed by atoms with E-state index in [1.165, 1.54) is 19.3 Å². The third-order valence-electron chi connectivity index (χ3n) is 8.13. The number of para-hydroxylation sites is 1. The number of nitrogens with zero attached hydrogens (tertiary/aromatic N) is 1. The molecule has 1 aliphatic heterocycles. The molecule has 3 unspecified atom stereocenters. The highest BCUT2D eigenvalue weighted by molar-refractivity contribution is 5.95. The predicted molar refractivity (Wildman–Crippen MR) is 133 cm³/mol. The Hall–Kier alpha value is -2.64. The van der Waals surface area contributed by atoms with Crippen LogP contribution in [0.15, 0.2) is 42.3 Å². The number of carbonyl (C=O) groups excluding carboxylic acids is 2. The fraction of sp³-hybridized carbons (Fsp3) is 0.571. The van der Waals surface area contributed by atoms with Crippen molar-refractivity contribution in [2.75, 3.05) is 13.2 Å². The monoisotopic (exact) mass is 480 g/mol. The van der Waals surface area contributed by atoms with Crippen molar-refractivity contribution in [2.24, 2.45) is 17.8 Å². The first-order valence-corrected chi connectivity index (χ1v) is 13.0. The molecule has 7 nitrogen and oxygen atoms in total. The van der Waals surface area contributed by atoms with Gasteiger partial charge < -0.3 is 19.9 Å². The number of aliphatic hydroxyl groups is 1. The van der Waals surface area contributed by atoms with Gasteiger partial charge in [0.05, 0.1) is 5.52 Å². The molecule has 2 fully saturated rings. The van der Waals surface area contributed by atoms with Gasteiger partial charge in [-0.1, -0.05) is 24.6 Å². The first-order valence-electron chi connectivity index (χ1n) is 13.0. The zero-order chi connectivity index (χ0) is 24.5. The maximum Gasteiger partial charge on any atom is 0.286 e. The van der Waals surface area contributed by atoms with Crippen molar-refractivity contribution in [3.05, 3.63) is 47.9 Å². The number of rotatable bonds is 8. The average molecular weight is 481 g/mol. The van der Waals surface area contributed by atoms with Crippen molar-refractivity contribution in [3.63, 3.8) is 0 Å². The first kappa shape index (κ1) is 24.1. The van der Waals surface area contributed by atoms with Gasteiger partial charge in [-0.3, -0.25) is 14.2 Å². The molecule has 1 amide bonds. The lowest BCUT2D eigenvalue weighted by Crippen LogP contribution is -2.43. The van der Waals surface area contributed by atoms with Crippen LogP contribution in [0.4, 0.5) is 0 Å². The number of hydrogen-bond donors (Lipinski definition) is 2. The molecule has 0 saturated heterocycles. The summed E-state index contributed by atoms with van der Waals surface area (Å²) in [7, 11) is 0. The van der Waals surface area contributed by atoms with E-state index in [1.54, 1.807) is 11.5 Å². The molecule has 0 radical (unpaired) electrons. The maximum atomic E-state index is 13.4. The molecule has 2 aromatic rings. The standard InChI is InChI=1S/C28H36N2O5/c1-3-34-28-21(8-6-12-31)22(23-16-30(17(2)32)25-9-5-4-7-20(23)25)15-26(35-28)27(33)29-24-14-18-10-11-19(24)13-18/h4-5,7,9,15-16,18-19,21-22,24,28,31H,3,6,8,10-14H2,1-2H3,(H,29,33)/t18?,19?,21-,22-,24?,28+/m0/s1. The Balaban J connectivity index is 1.53. The number of ether oxygens (including phenoxy) is 2. The van der Waals surface area contributed by atoms with Gasteiger partial charge in [0.1, 0.15) is 0 Å². The number of aromatic nitrogens is 1. The van der Waals surface area contributed by atoms with Gasteiger partial charge in [-0.25, -0.2) is 0 Å². The van der Waals surface area contributed by atoms with Gasteiger partial charge in [-0.05, 0) is 68.6 Å². The van der Waals surface area contributed by atoms with Gasteiger partial charge in [0.2, 0.25) is 12.2 Å². The van der Waals surface area contributed by atoms with Crippen LogP contribution in [0, 0.1) is 17.8 Å². The summed E-state index contributed by atoms with van der Waals surface area (Å²) in [5, 5.41) is 13.8. The quantitative estimate of drug-likeness (QED) is 0.586. The van der Waals surface area contributed by atoms with Gasteiger partial charge in [-0.2, -0.15) is 0 Å². The number of hydrogen-bond acceptors (Lipinski definition) is 5. The maximum absolute atomic E-state index is 13.4. The summed E-state index contributed by atoms with van der Waals surface area (Å²) in [6.45, 7) is 3.98. The van der Waals surface area contributed by atoms with E-state index in [1.807, 2.05) is 43.5 Å². The molecule has 2 saturated carbocycles. The highest BCUT2D eigenvalue weighted by Gasteiger charge is 2.43. The molecule has 2 N–H and O–H groups in total. The van der Waals surface area contributed by atoms with Gasteiger partial charge in [-0.15, -0.1) is 0 Å². The van der Waals surface area contributed by atoms with Crippen molar-refractivity contribution < 1.29 is 24.2 Å². The SMILES string of the molecule is CCO[C@@H]1OC(C(=O)NC2CC3CCC2C3)=C[C@H](c2cn(C(C)=O)c3ccccc23)[C@@H]1CCCO. The molecule has 3 aliphatic rings. The molecule has 0 spiro atoms. The minimum absolute atomic E-state index is 0.0639. The van der Waals surface area contributed by atoms with E-state index < -0.39 is 6.29 Å². The van der Waals surface area contributed by atoms with Crippen LogP contribution in [0.1, 0.15) is 68.6 Å². The van der Waals surface area contributed by atoms with E-state index in [9.17, 15) is 14.7 Å². The number of aliphatic hydroxyl groups excluding tert-OH is 1. The molecule has 2 heterocycles. The first-order chi connectivity index (χ1) is 17.0. The molecular weight excluding hydrogens is 444 g/mol. The van der Waals surface area contributed by atoms with Crippen molar-refractivity contribution in [1.29, 1.82) is 0 Å². The van der Waals surface area contributed by atoms with E-state index in [4.69, 9.17) is 9.47 Å². The second-order valence-corrected chi connectivity index (χ2v) is 10.3. The van der Waals surface area contributed by atoms with E-state index >= 15 is 0 Å². The minimum Gasteiger partial charge on any atom is -0.459 e. The van der Waals surface area contributed by atoms with Gasteiger partial charge in [0, 0.05) is 49.6 Å². The lowest BCUT2D eigenvalue weighted by Gasteiger charge is -2.37. The van der Waals surface area contributed by atoms with Crippen molar-refractivity contribution >= 4 is 22.7 Å². The smallest absolute Gasteiger partial charge is 0.286 e. The summed E-state index contributed by atoms with van der Waals surface area (Å²) in [4.78, 5) is 25.8. The largest absolute Gasteiger partial charge is 0.459 e. The highest BCUT2D eigenvalue weighted by atomic mass is 16.7. The normalized spacial score (nSPS) is 29.7. The Morgan fingerprint density at radius 3 is 2.74 bits per heavy atom. The fourth-order valence-electron chi connectivity index (χ4n) is 6.52. The topological polar surface area (TPSA) is 89.8 Å². The lowest BCUT2D eigenvalue weighted by molar-refractivity contribution is -0.166. The Morgan fingerprint density at radius 2 is 2.06 bits per heavy atom. The average Bonchev–Trinajstić information content (AvgIpc) is 3.57. The predicted octanol–water partition coefficient (Wildman–Crippen LogP) is 4.36. The number of fused-ring (bicyclic) bond motifs is 3. The van der Waals surface area contributed by atoms with Crippen LogP contribution >= 0.6 is 0 Å². The second kappa shape index (κ2) is 10.2. The van der Waals surface area contributed by atoms with Crippen LogP contribution in [-0.2, 0) is 14.3 Å². The van der Waals surface area contributed by atoms with E-state index in [0.717, 1.165) is 28.8 Å². The Kier molecular flexibility index (Phi) is 6.98. The summed E-state index contributed by atoms with van der Waals surface area (Å²) in [6, 6.07) is 8.05. The summed E-state index contributed by atoms with van der Waals surface area (Å²) >= 11 is 0. The molecule has 35 heavy (non-hydrogen) atoms. The van der Waals surface area contributed by atoms with Crippen LogP contribution in [0.5, 0.6) is 0 Å². The van der Waals surface area contributed by atoms with Gasteiger partial charge in [0.25, 0.3) is 5.91 Å². The summed E-state index contributed by atoms with van der Waals surface area (Å²) in [5.41, 5.74) is 1.81. The Morgan fingerprint density at radius 1 is 1.23 bits per heavy atom. The third-order valence-corrected chi connectivity index (χ3v) is 8.13. The van der Waals surface area contributed by atoms with Crippen molar-refractivity contribution in [2.45, 2.75) is 70.6 Å². The minimum atomic E-state index is -0.609. The van der Waals surface area contributed by atoms with Crippen LogP contribution in [0.3, 0.4) is 0 Å². The molecule has 7 heteroatoms. The van der Waals surface area contributed by atoms with Gasteiger partial charge in [0.15, 0.2) is 5.76 Å². The Labute approximate surface area is 206 Å². The van der Waals surface area contributed by atoms with Crippen LogP contribution in [-0.4, -0.2) is 47.0 Å².